The second-order valence-corrected chi connectivity index (χ2v) is 7.25. The number of amides is 1. The molecule has 0 unspecified atom stereocenters. The summed E-state index contributed by atoms with van der Waals surface area (Å²) in [5.74, 6) is 0.551. The Morgan fingerprint density at radius 2 is 1.61 bits per heavy atom. The zero-order valence-corrected chi connectivity index (χ0v) is 17.8. The second kappa shape index (κ2) is 9.51. The number of nitrogens with zero attached hydrogens (tertiary/aromatic N) is 3. The van der Waals surface area contributed by atoms with E-state index in [2.05, 4.69) is 63.9 Å². The van der Waals surface area contributed by atoms with E-state index in [1.165, 1.54) is 5.69 Å². The van der Waals surface area contributed by atoms with Gasteiger partial charge in [0, 0.05) is 29.4 Å². The molecule has 0 spiro atoms. The zero-order chi connectivity index (χ0) is 19.9. The van der Waals surface area contributed by atoms with Crippen LogP contribution in [0.25, 0.3) is 0 Å². The second-order valence-electron chi connectivity index (χ2n) is 6.40. The van der Waals surface area contributed by atoms with Crippen molar-refractivity contribution in [2.75, 3.05) is 22.9 Å². The number of pyridine rings is 1. The van der Waals surface area contributed by atoms with Crippen molar-refractivity contribution in [1.29, 1.82) is 0 Å². The summed E-state index contributed by atoms with van der Waals surface area (Å²) in [6.07, 6.45) is 1.71. The van der Waals surface area contributed by atoms with Crippen LogP contribution in [-0.4, -0.2) is 24.0 Å². The maximum Gasteiger partial charge on any atom is 0.260 e. The van der Waals surface area contributed by atoms with Gasteiger partial charge < -0.3 is 4.90 Å². The van der Waals surface area contributed by atoms with Crippen LogP contribution in [0.4, 0.5) is 11.5 Å². The van der Waals surface area contributed by atoms with E-state index in [1.807, 2.05) is 42.5 Å². The van der Waals surface area contributed by atoms with Crippen molar-refractivity contribution in [3.63, 3.8) is 0 Å². The highest BCUT2D eigenvalue weighted by atomic mass is 79.9. The molecule has 0 aliphatic carbocycles. The summed E-state index contributed by atoms with van der Waals surface area (Å²) >= 11 is 3.49. The van der Waals surface area contributed by atoms with Gasteiger partial charge in [-0.2, -0.15) is 0 Å². The van der Waals surface area contributed by atoms with Crippen molar-refractivity contribution < 1.29 is 4.79 Å². The Balaban J connectivity index is 1.90. The van der Waals surface area contributed by atoms with Crippen LogP contribution in [0.1, 0.15) is 29.8 Å². The first-order chi connectivity index (χ1) is 13.6. The molecule has 28 heavy (non-hydrogen) atoms. The van der Waals surface area contributed by atoms with E-state index in [1.54, 1.807) is 11.1 Å². The van der Waals surface area contributed by atoms with Gasteiger partial charge in [-0.3, -0.25) is 9.69 Å². The highest BCUT2D eigenvalue weighted by Gasteiger charge is 2.21. The van der Waals surface area contributed by atoms with E-state index in [9.17, 15) is 4.79 Å². The molecule has 0 N–H and O–H groups in total. The SMILES string of the molecule is CCN(CC)c1ccc(CN(C(=O)c2ccccc2Br)c2ccccn2)cc1. The van der Waals surface area contributed by atoms with Crippen LogP contribution in [0.15, 0.2) is 77.4 Å². The molecular formula is C23H24BrN3O. The predicted octanol–water partition coefficient (Wildman–Crippen LogP) is 5.54. The van der Waals surface area contributed by atoms with Crippen LogP contribution >= 0.6 is 15.9 Å². The maximum absolute atomic E-state index is 13.3. The van der Waals surface area contributed by atoms with Crippen LogP contribution in [0.5, 0.6) is 0 Å². The molecule has 3 aromatic rings. The molecule has 4 nitrogen and oxygen atoms in total. The molecular weight excluding hydrogens is 414 g/mol. The minimum atomic E-state index is -0.0843. The van der Waals surface area contributed by atoms with Gasteiger partial charge >= 0.3 is 0 Å². The lowest BCUT2D eigenvalue weighted by molar-refractivity contribution is 0.0983. The summed E-state index contributed by atoms with van der Waals surface area (Å²) in [6.45, 7) is 6.69. The van der Waals surface area contributed by atoms with Crippen molar-refractivity contribution in [3.05, 3.63) is 88.5 Å². The van der Waals surface area contributed by atoms with E-state index in [-0.39, 0.29) is 5.91 Å². The molecule has 0 bridgehead atoms. The number of anilines is 2. The molecule has 0 aliphatic heterocycles. The van der Waals surface area contributed by atoms with Gasteiger partial charge in [-0.25, -0.2) is 4.98 Å². The fourth-order valence-electron chi connectivity index (χ4n) is 3.13. The van der Waals surface area contributed by atoms with Gasteiger partial charge in [-0.15, -0.1) is 0 Å². The minimum Gasteiger partial charge on any atom is -0.372 e. The maximum atomic E-state index is 13.3. The Labute approximate surface area is 175 Å². The van der Waals surface area contributed by atoms with Crippen molar-refractivity contribution in [1.82, 2.24) is 4.98 Å². The average Bonchev–Trinajstić information content (AvgIpc) is 2.74. The molecule has 0 aliphatic rings. The Morgan fingerprint density at radius 1 is 0.929 bits per heavy atom. The number of carbonyl (C=O) groups excluding carboxylic acids is 1. The highest BCUT2D eigenvalue weighted by Crippen LogP contribution is 2.23. The Hall–Kier alpha value is -2.66. The van der Waals surface area contributed by atoms with Gasteiger partial charge in [0.05, 0.1) is 12.1 Å². The zero-order valence-electron chi connectivity index (χ0n) is 16.2. The van der Waals surface area contributed by atoms with Crippen molar-refractivity contribution in [3.8, 4) is 0 Å². The lowest BCUT2D eigenvalue weighted by atomic mass is 10.1. The standard InChI is InChI=1S/C23H24BrN3O/c1-3-26(4-2)19-14-12-18(13-15-19)17-27(22-11-7-8-16-25-22)23(28)20-9-5-6-10-21(20)24/h5-16H,3-4,17H2,1-2H3. The van der Waals surface area contributed by atoms with E-state index in [4.69, 9.17) is 0 Å². The van der Waals surface area contributed by atoms with Crippen LogP contribution in [0.2, 0.25) is 0 Å². The smallest absolute Gasteiger partial charge is 0.260 e. The van der Waals surface area contributed by atoms with E-state index >= 15 is 0 Å². The average molecular weight is 438 g/mol. The molecule has 0 fully saturated rings. The largest absolute Gasteiger partial charge is 0.372 e. The van der Waals surface area contributed by atoms with Crippen molar-refractivity contribution >= 4 is 33.3 Å². The topological polar surface area (TPSA) is 36.4 Å². The minimum absolute atomic E-state index is 0.0843. The summed E-state index contributed by atoms with van der Waals surface area (Å²) < 4.78 is 0.776. The summed E-state index contributed by atoms with van der Waals surface area (Å²) in [5.41, 5.74) is 2.87. The molecule has 0 atom stereocenters. The molecule has 0 saturated carbocycles. The number of benzene rings is 2. The number of rotatable bonds is 7. The Bertz CT molecular complexity index is 909. The summed E-state index contributed by atoms with van der Waals surface area (Å²) in [5, 5.41) is 0. The lowest BCUT2D eigenvalue weighted by Gasteiger charge is -2.24. The van der Waals surface area contributed by atoms with Crippen LogP contribution in [-0.2, 0) is 6.54 Å². The highest BCUT2D eigenvalue weighted by molar-refractivity contribution is 9.10. The van der Waals surface area contributed by atoms with Gasteiger partial charge in [0.1, 0.15) is 5.82 Å². The van der Waals surface area contributed by atoms with Crippen LogP contribution in [0, 0.1) is 0 Å². The Morgan fingerprint density at radius 3 is 2.21 bits per heavy atom. The molecule has 1 heterocycles. The molecule has 3 rings (SSSR count). The van der Waals surface area contributed by atoms with E-state index in [0.717, 1.165) is 23.1 Å². The van der Waals surface area contributed by atoms with E-state index in [0.29, 0.717) is 17.9 Å². The molecule has 5 heteroatoms. The molecule has 144 valence electrons. The molecule has 1 aromatic heterocycles. The first-order valence-corrected chi connectivity index (χ1v) is 10.2. The summed E-state index contributed by atoms with van der Waals surface area (Å²) in [4.78, 5) is 21.7. The third-order valence-corrected chi connectivity index (χ3v) is 5.37. The number of halogens is 1. The third-order valence-electron chi connectivity index (χ3n) is 4.68. The fourth-order valence-corrected chi connectivity index (χ4v) is 3.59. The normalized spacial score (nSPS) is 10.5. The van der Waals surface area contributed by atoms with Gasteiger partial charge in [0.25, 0.3) is 5.91 Å². The monoisotopic (exact) mass is 437 g/mol. The Kier molecular flexibility index (Phi) is 6.82. The lowest BCUT2D eigenvalue weighted by Crippen LogP contribution is -2.31. The number of hydrogen-bond acceptors (Lipinski definition) is 3. The van der Waals surface area contributed by atoms with Crippen LogP contribution in [0.3, 0.4) is 0 Å². The molecule has 0 radical (unpaired) electrons. The molecule has 0 saturated heterocycles. The van der Waals surface area contributed by atoms with Gasteiger partial charge in [-0.05, 0) is 71.7 Å². The third kappa shape index (κ3) is 4.60. The number of aromatic nitrogens is 1. The van der Waals surface area contributed by atoms with Gasteiger partial charge in [0.15, 0.2) is 0 Å². The number of carbonyl (C=O) groups is 1. The predicted molar refractivity (Wildman–Crippen MR) is 119 cm³/mol. The van der Waals surface area contributed by atoms with E-state index < -0.39 is 0 Å². The van der Waals surface area contributed by atoms with Gasteiger partial charge in [0.2, 0.25) is 0 Å². The number of hydrogen-bond donors (Lipinski definition) is 0. The molecule has 2 aromatic carbocycles. The van der Waals surface area contributed by atoms with Gasteiger partial charge in [-0.1, -0.05) is 30.3 Å². The van der Waals surface area contributed by atoms with Crippen molar-refractivity contribution in [2.45, 2.75) is 20.4 Å². The quantitative estimate of drug-likeness (QED) is 0.486. The molecule has 1 amide bonds. The summed E-state index contributed by atoms with van der Waals surface area (Å²) in [6, 6.07) is 21.5. The first kappa shape index (κ1) is 20.1. The fraction of sp³-hybridized carbons (Fsp3) is 0.217. The summed E-state index contributed by atoms with van der Waals surface area (Å²) in [7, 11) is 0. The first-order valence-electron chi connectivity index (χ1n) is 9.45. The van der Waals surface area contributed by atoms with Crippen molar-refractivity contribution in [2.24, 2.45) is 0 Å². The van der Waals surface area contributed by atoms with Crippen LogP contribution < -0.4 is 9.80 Å².